The number of aryl methyl sites for hydroxylation is 1. The Morgan fingerprint density at radius 3 is 2.54 bits per heavy atom. The van der Waals surface area contributed by atoms with Gasteiger partial charge in [0.2, 0.25) is 5.91 Å². The van der Waals surface area contributed by atoms with Crippen LogP contribution >= 0.6 is 11.6 Å². The lowest BCUT2D eigenvalue weighted by Crippen LogP contribution is -2.34. The van der Waals surface area contributed by atoms with E-state index in [2.05, 4.69) is 5.32 Å². The van der Waals surface area contributed by atoms with E-state index < -0.39 is 6.04 Å². The molecule has 1 N–H and O–H groups in total. The molecule has 1 fully saturated rings. The van der Waals surface area contributed by atoms with Crippen molar-refractivity contribution in [3.05, 3.63) is 53.1 Å². The first-order valence-electron chi connectivity index (χ1n) is 7.53. The van der Waals surface area contributed by atoms with Crippen LogP contribution in [0.4, 0.5) is 11.4 Å². The van der Waals surface area contributed by atoms with E-state index in [1.807, 2.05) is 19.1 Å². The maximum atomic E-state index is 12.7. The minimum absolute atomic E-state index is 0.0857. The van der Waals surface area contributed by atoms with E-state index in [0.29, 0.717) is 22.1 Å². The number of carbonyl (C=O) groups is 2. The maximum absolute atomic E-state index is 12.7. The zero-order valence-corrected chi connectivity index (χ0v) is 14.1. The Hall–Kier alpha value is -2.53. The van der Waals surface area contributed by atoms with E-state index >= 15 is 0 Å². The average molecular weight is 345 g/mol. The number of ether oxygens (including phenoxy) is 1. The monoisotopic (exact) mass is 344 g/mol. The Labute approximate surface area is 145 Å². The molecule has 1 aliphatic rings. The molecular weight excluding hydrogens is 328 g/mol. The Bertz CT molecular complexity index is 789. The minimum Gasteiger partial charge on any atom is -0.495 e. The molecule has 0 saturated carbocycles. The molecule has 124 valence electrons. The third kappa shape index (κ3) is 3.08. The Morgan fingerprint density at radius 1 is 1.17 bits per heavy atom. The second-order valence-electron chi connectivity index (χ2n) is 5.65. The molecule has 6 heteroatoms. The molecule has 2 aromatic carbocycles. The number of nitrogens with zero attached hydrogens (tertiary/aromatic N) is 1. The number of nitrogens with one attached hydrogen (secondary N) is 1. The summed E-state index contributed by atoms with van der Waals surface area (Å²) in [6, 6.07) is 11.7. The van der Waals surface area contributed by atoms with Gasteiger partial charge in [-0.3, -0.25) is 9.59 Å². The van der Waals surface area contributed by atoms with Crippen molar-refractivity contribution in [1.29, 1.82) is 0 Å². The summed E-state index contributed by atoms with van der Waals surface area (Å²) in [6.45, 7) is 1.95. The number of halogens is 1. The predicted molar refractivity (Wildman–Crippen MR) is 93.7 cm³/mol. The van der Waals surface area contributed by atoms with E-state index in [1.54, 1.807) is 30.3 Å². The summed E-state index contributed by atoms with van der Waals surface area (Å²) in [7, 11) is 1.54. The van der Waals surface area contributed by atoms with Gasteiger partial charge in [0.1, 0.15) is 11.8 Å². The van der Waals surface area contributed by atoms with Gasteiger partial charge in [-0.15, -0.1) is 0 Å². The Morgan fingerprint density at radius 2 is 1.88 bits per heavy atom. The fourth-order valence-electron chi connectivity index (χ4n) is 2.69. The third-order valence-electron chi connectivity index (χ3n) is 3.93. The van der Waals surface area contributed by atoms with E-state index in [1.165, 1.54) is 12.0 Å². The highest BCUT2D eigenvalue weighted by molar-refractivity contribution is 6.31. The summed E-state index contributed by atoms with van der Waals surface area (Å²) in [5, 5.41) is 3.59. The molecular formula is C18H17ClN2O3. The number of carbonyl (C=O) groups excluding carboxylic acids is 2. The molecule has 1 saturated heterocycles. The number of benzene rings is 2. The van der Waals surface area contributed by atoms with Crippen molar-refractivity contribution in [1.82, 2.24) is 0 Å². The number of imide groups is 1. The van der Waals surface area contributed by atoms with Crippen molar-refractivity contribution in [3.63, 3.8) is 0 Å². The number of hydrogen-bond acceptors (Lipinski definition) is 4. The van der Waals surface area contributed by atoms with E-state index in [-0.39, 0.29) is 18.2 Å². The Balaban J connectivity index is 1.84. The molecule has 2 aromatic rings. The zero-order chi connectivity index (χ0) is 17.3. The van der Waals surface area contributed by atoms with Crippen molar-refractivity contribution in [2.24, 2.45) is 0 Å². The summed E-state index contributed by atoms with van der Waals surface area (Å²) in [5.74, 6) is 0.0432. The van der Waals surface area contributed by atoms with Crippen LogP contribution in [0, 0.1) is 6.92 Å². The SMILES string of the molecule is COc1ccc(Cl)cc1N[C@@H]1CC(=O)N(c2ccc(C)cc2)C1=O. The minimum atomic E-state index is -0.647. The molecule has 5 nitrogen and oxygen atoms in total. The third-order valence-corrected chi connectivity index (χ3v) is 4.17. The molecule has 2 amide bonds. The van der Waals surface area contributed by atoms with Crippen molar-refractivity contribution < 1.29 is 14.3 Å². The lowest BCUT2D eigenvalue weighted by atomic mass is 10.2. The highest BCUT2D eigenvalue weighted by atomic mass is 35.5. The second-order valence-corrected chi connectivity index (χ2v) is 6.09. The van der Waals surface area contributed by atoms with Crippen LogP contribution < -0.4 is 15.0 Å². The second kappa shape index (κ2) is 6.53. The summed E-state index contributed by atoms with van der Waals surface area (Å²) < 4.78 is 5.27. The van der Waals surface area contributed by atoms with E-state index in [4.69, 9.17) is 16.3 Å². The smallest absolute Gasteiger partial charge is 0.256 e. The summed E-state index contributed by atoms with van der Waals surface area (Å²) in [6.07, 6.45) is 0.0857. The van der Waals surface area contributed by atoms with Gasteiger partial charge < -0.3 is 10.1 Å². The number of anilines is 2. The average Bonchev–Trinajstić information content (AvgIpc) is 2.83. The van der Waals surface area contributed by atoms with Gasteiger partial charge in [-0.2, -0.15) is 0 Å². The van der Waals surface area contributed by atoms with Gasteiger partial charge in [-0.1, -0.05) is 29.3 Å². The van der Waals surface area contributed by atoms with Crippen molar-refractivity contribution in [2.75, 3.05) is 17.3 Å². The van der Waals surface area contributed by atoms with Gasteiger partial charge in [-0.05, 0) is 37.3 Å². The number of rotatable bonds is 4. The molecule has 1 aliphatic heterocycles. The highest BCUT2D eigenvalue weighted by Crippen LogP contribution is 2.31. The largest absolute Gasteiger partial charge is 0.495 e. The van der Waals surface area contributed by atoms with Crippen LogP contribution in [0.2, 0.25) is 5.02 Å². The summed E-state index contributed by atoms with van der Waals surface area (Å²) >= 11 is 6.01. The van der Waals surface area contributed by atoms with Crippen molar-refractivity contribution >= 4 is 34.8 Å². The lowest BCUT2D eigenvalue weighted by Gasteiger charge is -2.17. The van der Waals surface area contributed by atoms with Crippen LogP contribution in [0.25, 0.3) is 0 Å². The molecule has 1 atom stereocenters. The van der Waals surface area contributed by atoms with E-state index in [0.717, 1.165) is 5.56 Å². The fraction of sp³-hybridized carbons (Fsp3) is 0.222. The topological polar surface area (TPSA) is 58.6 Å². The standard InChI is InChI=1S/C18H17ClN2O3/c1-11-3-6-13(7-4-11)21-17(22)10-15(18(21)23)20-14-9-12(19)5-8-16(14)24-2/h3-9,15,20H,10H2,1-2H3/t15-/m1/s1. The van der Waals surface area contributed by atoms with Gasteiger partial charge in [-0.25, -0.2) is 4.90 Å². The van der Waals surface area contributed by atoms with Crippen LogP contribution in [0.5, 0.6) is 5.75 Å². The first-order chi connectivity index (χ1) is 11.5. The molecule has 24 heavy (non-hydrogen) atoms. The van der Waals surface area contributed by atoms with Crippen molar-refractivity contribution in [2.45, 2.75) is 19.4 Å². The fourth-order valence-corrected chi connectivity index (χ4v) is 2.86. The molecule has 0 bridgehead atoms. The molecule has 0 aromatic heterocycles. The maximum Gasteiger partial charge on any atom is 0.256 e. The highest BCUT2D eigenvalue weighted by Gasteiger charge is 2.39. The van der Waals surface area contributed by atoms with Gasteiger partial charge in [0.05, 0.1) is 24.9 Å². The van der Waals surface area contributed by atoms with Crippen LogP contribution in [-0.2, 0) is 9.59 Å². The van der Waals surface area contributed by atoms with Crippen LogP contribution in [0.15, 0.2) is 42.5 Å². The first-order valence-corrected chi connectivity index (χ1v) is 7.91. The van der Waals surface area contributed by atoms with Crippen molar-refractivity contribution in [3.8, 4) is 5.75 Å². The number of amides is 2. The molecule has 0 spiro atoms. The number of hydrogen-bond donors (Lipinski definition) is 1. The number of methoxy groups -OCH3 is 1. The molecule has 3 rings (SSSR count). The zero-order valence-electron chi connectivity index (χ0n) is 13.4. The van der Waals surface area contributed by atoms with Crippen LogP contribution in [0.3, 0.4) is 0 Å². The Kier molecular flexibility index (Phi) is 4.44. The molecule has 0 unspecified atom stereocenters. The predicted octanol–water partition coefficient (Wildman–Crippen LogP) is 3.40. The van der Waals surface area contributed by atoms with Gasteiger partial charge in [0.25, 0.3) is 5.91 Å². The molecule has 1 heterocycles. The quantitative estimate of drug-likeness (QED) is 0.864. The summed E-state index contributed by atoms with van der Waals surface area (Å²) in [5.41, 5.74) is 2.23. The lowest BCUT2D eigenvalue weighted by molar-refractivity contribution is -0.121. The summed E-state index contributed by atoms with van der Waals surface area (Å²) in [4.78, 5) is 26.2. The van der Waals surface area contributed by atoms with Crippen LogP contribution in [-0.4, -0.2) is 25.0 Å². The normalized spacial score (nSPS) is 17.3. The molecule has 0 aliphatic carbocycles. The molecule has 0 radical (unpaired) electrons. The van der Waals surface area contributed by atoms with Gasteiger partial charge in [0.15, 0.2) is 0 Å². The first kappa shape index (κ1) is 16.3. The van der Waals surface area contributed by atoms with Gasteiger partial charge in [0, 0.05) is 5.02 Å². The van der Waals surface area contributed by atoms with Crippen LogP contribution in [0.1, 0.15) is 12.0 Å². The van der Waals surface area contributed by atoms with E-state index in [9.17, 15) is 9.59 Å². The van der Waals surface area contributed by atoms with Gasteiger partial charge >= 0.3 is 0 Å².